The van der Waals surface area contributed by atoms with Gasteiger partial charge in [0.15, 0.2) is 0 Å². The molecule has 1 atom stereocenters. The van der Waals surface area contributed by atoms with Crippen molar-refractivity contribution in [2.75, 3.05) is 13.2 Å². The molecular weight excluding hydrogens is 252 g/mol. The van der Waals surface area contributed by atoms with E-state index in [1.54, 1.807) is 6.07 Å². The summed E-state index contributed by atoms with van der Waals surface area (Å²) in [5, 5.41) is 3.52. The molecule has 1 aromatic heterocycles. The monoisotopic (exact) mass is 278 g/mol. The van der Waals surface area contributed by atoms with E-state index >= 15 is 0 Å². The van der Waals surface area contributed by atoms with Crippen LogP contribution in [0.4, 0.5) is 0 Å². The van der Waals surface area contributed by atoms with Crippen molar-refractivity contribution in [2.45, 2.75) is 58.7 Å². The zero-order valence-corrected chi connectivity index (χ0v) is 12.8. The zero-order valence-electron chi connectivity index (χ0n) is 12.8. The minimum atomic E-state index is 0.0910. The van der Waals surface area contributed by atoms with Gasteiger partial charge in [-0.05, 0) is 45.2 Å². The summed E-state index contributed by atoms with van der Waals surface area (Å²) >= 11 is 0. The van der Waals surface area contributed by atoms with Gasteiger partial charge in [-0.15, -0.1) is 0 Å². The van der Waals surface area contributed by atoms with Gasteiger partial charge in [-0.2, -0.15) is 0 Å². The van der Waals surface area contributed by atoms with Crippen molar-refractivity contribution < 1.29 is 4.74 Å². The molecule has 0 spiro atoms. The van der Waals surface area contributed by atoms with Crippen LogP contribution in [0.5, 0.6) is 0 Å². The van der Waals surface area contributed by atoms with E-state index in [4.69, 9.17) is 4.74 Å². The Labute approximate surface area is 121 Å². The SMILES string of the molecule is CCNC1CCCc2c1ccc(=O)n2CCOC(C)C. The summed E-state index contributed by atoms with van der Waals surface area (Å²) < 4.78 is 7.49. The van der Waals surface area contributed by atoms with Crippen LogP contribution in [0, 0.1) is 0 Å². The fraction of sp³-hybridized carbons (Fsp3) is 0.688. The summed E-state index contributed by atoms with van der Waals surface area (Å²) in [5.41, 5.74) is 2.58. The Balaban J connectivity index is 2.23. The molecule has 1 aromatic rings. The topological polar surface area (TPSA) is 43.3 Å². The van der Waals surface area contributed by atoms with E-state index in [0.29, 0.717) is 19.2 Å². The molecular formula is C16H26N2O2. The highest BCUT2D eigenvalue weighted by Gasteiger charge is 2.22. The molecule has 4 nitrogen and oxygen atoms in total. The number of aromatic nitrogens is 1. The Kier molecular flexibility index (Phi) is 5.38. The summed E-state index contributed by atoms with van der Waals surface area (Å²) in [5.74, 6) is 0. The molecule has 0 radical (unpaired) electrons. The molecule has 1 heterocycles. The smallest absolute Gasteiger partial charge is 0.250 e. The Morgan fingerprint density at radius 1 is 1.45 bits per heavy atom. The fourth-order valence-electron chi connectivity index (χ4n) is 2.95. The molecule has 1 N–H and O–H groups in total. The lowest BCUT2D eigenvalue weighted by atomic mass is 9.91. The van der Waals surface area contributed by atoms with E-state index in [9.17, 15) is 4.79 Å². The van der Waals surface area contributed by atoms with Crippen LogP contribution in [0.25, 0.3) is 0 Å². The van der Waals surface area contributed by atoms with Crippen LogP contribution in [0.2, 0.25) is 0 Å². The predicted octanol–water partition coefficient (Wildman–Crippen LogP) is 2.26. The second kappa shape index (κ2) is 7.04. The van der Waals surface area contributed by atoms with Gasteiger partial charge < -0.3 is 14.6 Å². The first-order chi connectivity index (χ1) is 9.63. The minimum Gasteiger partial charge on any atom is -0.377 e. The van der Waals surface area contributed by atoms with Gasteiger partial charge >= 0.3 is 0 Å². The van der Waals surface area contributed by atoms with Crippen LogP contribution >= 0.6 is 0 Å². The van der Waals surface area contributed by atoms with Gasteiger partial charge in [-0.3, -0.25) is 4.79 Å². The molecule has 1 unspecified atom stereocenters. The van der Waals surface area contributed by atoms with Crippen molar-refractivity contribution in [3.05, 3.63) is 33.7 Å². The van der Waals surface area contributed by atoms with E-state index in [1.165, 1.54) is 11.3 Å². The minimum absolute atomic E-state index is 0.0910. The Morgan fingerprint density at radius 2 is 2.25 bits per heavy atom. The van der Waals surface area contributed by atoms with Crippen molar-refractivity contribution in [3.8, 4) is 0 Å². The zero-order chi connectivity index (χ0) is 14.5. The normalized spacial score (nSPS) is 18.3. The molecule has 0 saturated carbocycles. The third-order valence-corrected chi connectivity index (χ3v) is 3.83. The number of rotatable bonds is 6. The summed E-state index contributed by atoms with van der Waals surface area (Å²) in [7, 11) is 0. The standard InChI is InChI=1S/C16H26N2O2/c1-4-17-14-6-5-7-15-13(14)8-9-16(19)18(15)10-11-20-12(2)3/h8-9,12,14,17H,4-7,10-11H2,1-3H3. The highest BCUT2D eigenvalue weighted by molar-refractivity contribution is 5.27. The van der Waals surface area contributed by atoms with E-state index in [-0.39, 0.29) is 11.7 Å². The quantitative estimate of drug-likeness (QED) is 0.868. The Bertz CT molecular complexity index is 494. The predicted molar refractivity (Wildman–Crippen MR) is 81.1 cm³/mol. The summed E-state index contributed by atoms with van der Waals surface area (Å²) in [4.78, 5) is 12.1. The van der Waals surface area contributed by atoms with Gasteiger partial charge in [-0.25, -0.2) is 0 Å². The molecule has 1 aliphatic carbocycles. The molecule has 4 heteroatoms. The van der Waals surface area contributed by atoms with Gasteiger partial charge in [0.1, 0.15) is 0 Å². The number of ether oxygens (including phenoxy) is 1. The molecule has 0 fully saturated rings. The van der Waals surface area contributed by atoms with Crippen LogP contribution < -0.4 is 10.9 Å². The summed E-state index contributed by atoms with van der Waals surface area (Å²) in [6, 6.07) is 4.09. The number of hydrogen-bond donors (Lipinski definition) is 1. The van der Waals surface area contributed by atoms with Crippen LogP contribution in [0.3, 0.4) is 0 Å². The van der Waals surface area contributed by atoms with Crippen molar-refractivity contribution in [3.63, 3.8) is 0 Å². The van der Waals surface area contributed by atoms with Crippen LogP contribution in [0.1, 0.15) is 50.9 Å². The van der Waals surface area contributed by atoms with Crippen LogP contribution in [-0.4, -0.2) is 23.8 Å². The molecule has 0 saturated heterocycles. The summed E-state index contributed by atoms with van der Waals surface area (Å²) in [6.45, 7) is 8.37. The lowest BCUT2D eigenvalue weighted by molar-refractivity contribution is 0.0716. The van der Waals surface area contributed by atoms with Gasteiger partial charge in [0.25, 0.3) is 5.56 Å². The number of nitrogens with zero attached hydrogens (tertiary/aromatic N) is 1. The molecule has 0 aromatic carbocycles. The third-order valence-electron chi connectivity index (χ3n) is 3.83. The van der Waals surface area contributed by atoms with E-state index in [2.05, 4.69) is 12.2 Å². The first-order valence-corrected chi connectivity index (χ1v) is 7.71. The maximum Gasteiger partial charge on any atom is 0.250 e. The average Bonchev–Trinajstić information content (AvgIpc) is 2.41. The maximum atomic E-state index is 12.1. The lowest BCUT2D eigenvalue weighted by Crippen LogP contribution is -2.32. The van der Waals surface area contributed by atoms with Crippen molar-refractivity contribution in [1.29, 1.82) is 0 Å². The van der Waals surface area contributed by atoms with E-state index < -0.39 is 0 Å². The lowest BCUT2D eigenvalue weighted by Gasteiger charge is -2.28. The Hall–Kier alpha value is -1.13. The molecule has 2 rings (SSSR count). The van der Waals surface area contributed by atoms with Gasteiger partial charge in [0.2, 0.25) is 0 Å². The number of pyridine rings is 1. The second-order valence-corrected chi connectivity index (χ2v) is 5.65. The Morgan fingerprint density at radius 3 is 2.95 bits per heavy atom. The molecule has 0 bridgehead atoms. The number of fused-ring (bicyclic) bond motifs is 1. The van der Waals surface area contributed by atoms with E-state index in [1.807, 2.05) is 24.5 Å². The van der Waals surface area contributed by atoms with Crippen LogP contribution in [-0.2, 0) is 17.7 Å². The number of nitrogens with one attached hydrogen (secondary N) is 1. The molecule has 112 valence electrons. The third kappa shape index (κ3) is 3.49. The maximum absolute atomic E-state index is 12.1. The highest BCUT2D eigenvalue weighted by atomic mass is 16.5. The summed E-state index contributed by atoms with van der Waals surface area (Å²) in [6.07, 6.45) is 3.50. The molecule has 0 aliphatic heterocycles. The molecule has 0 amide bonds. The van der Waals surface area contributed by atoms with Crippen molar-refractivity contribution in [1.82, 2.24) is 9.88 Å². The van der Waals surface area contributed by atoms with E-state index in [0.717, 1.165) is 25.8 Å². The average molecular weight is 278 g/mol. The molecule has 1 aliphatic rings. The first kappa shape index (κ1) is 15.3. The van der Waals surface area contributed by atoms with Gasteiger partial charge in [0.05, 0.1) is 12.7 Å². The van der Waals surface area contributed by atoms with Gasteiger partial charge in [0, 0.05) is 24.3 Å². The van der Waals surface area contributed by atoms with Gasteiger partial charge in [-0.1, -0.05) is 13.0 Å². The number of hydrogen-bond acceptors (Lipinski definition) is 3. The van der Waals surface area contributed by atoms with Crippen molar-refractivity contribution in [2.24, 2.45) is 0 Å². The largest absolute Gasteiger partial charge is 0.377 e. The van der Waals surface area contributed by atoms with Crippen LogP contribution in [0.15, 0.2) is 16.9 Å². The van der Waals surface area contributed by atoms with Crippen molar-refractivity contribution >= 4 is 0 Å². The second-order valence-electron chi connectivity index (χ2n) is 5.65. The molecule has 20 heavy (non-hydrogen) atoms. The fourth-order valence-corrected chi connectivity index (χ4v) is 2.95. The highest BCUT2D eigenvalue weighted by Crippen LogP contribution is 2.28. The first-order valence-electron chi connectivity index (χ1n) is 7.71.